The van der Waals surface area contributed by atoms with E-state index in [2.05, 4.69) is 24.5 Å². The van der Waals surface area contributed by atoms with Crippen LogP contribution in [0.5, 0.6) is 0 Å². The molecule has 0 spiro atoms. The zero-order valence-corrected chi connectivity index (χ0v) is 28.1. The van der Waals surface area contributed by atoms with Gasteiger partial charge in [0.05, 0.1) is 13.7 Å². The van der Waals surface area contributed by atoms with Crippen molar-refractivity contribution < 1.29 is 86.1 Å². The van der Waals surface area contributed by atoms with E-state index in [1.807, 2.05) is 13.8 Å². The van der Waals surface area contributed by atoms with Gasteiger partial charge in [0, 0.05) is 24.4 Å². The molecule has 6 atom stereocenters. The minimum Gasteiger partial charge on any atom is -1.00 e. The van der Waals surface area contributed by atoms with Gasteiger partial charge in [-0.25, -0.2) is 19.2 Å². The second-order valence-corrected chi connectivity index (χ2v) is 13.5. The molecule has 3 aliphatic rings. The van der Waals surface area contributed by atoms with E-state index >= 15 is 0 Å². The summed E-state index contributed by atoms with van der Waals surface area (Å²) < 4.78 is 20.2. The predicted octanol–water partition coefficient (Wildman–Crippen LogP) is -2.97. The Morgan fingerprint density at radius 2 is 1.50 bits per heavy atom. The molecule has 0 aromatic rings. The van der Waals surface area contributed by atoms with Gasteiger partial charge in [0.15, 0.2) is 0 Å². The molecule has 40 heavy (non-hydrogen) atoms. The molecule has 13 heteroatoms. The standard InChI is InChI=1S/C14H25NO5.C13H21NO4.HI.Li/c1-13(2,3)20-12(18)15-10(11(17)19-6)9-8(7-16)14(9,4)5;1-12(2,3)18-11(16)14-9-8-7(13(8,4)5)6-17-10(9)15;;/h8-10,16H,7H2,1-6H3,(H,15,18);7-9H,6H2,1-5H3,(H,14,16);1H;/q;;;+1/p-1/t8-,9-,10?;7?,8-,9-;;/m00../s1. The summed E-state index contributed by atoms with van der Waals surface area (Å²) in [6, 6.07) is -1.38. The molecule has 2 unspecified atom stereocenters. The van der Waals surface area contributed by atoms with E-state index in [1.54, 1.807) is 41.5 Å². The van der Waals surface area contributed by atoms with Crippen LogP contribution in [0.2, 0.25) is 0 Å². The molecule has 2 amide bonds. The molecule has 2 saturated carbocycles. The summed E-state index contributed by atoms with van der Waals surface area (Å²) in [6.07, 6.45) is -1.22. The Bertz CT molecular complexity index is 930. The van der Waals surface area contributed by atoms with Crippen LogP contribution in [0.15, 0.2) is 0 Å². The second kappa shape index (κ2) is 13.8. The number of rotatable bonds is 5. The van der Waals surface area contributed by atoms with Crippen molar-refractivity contribution in [2.45, 2.75) is 92.5 Å². The number of halogens is 1. The number of hydrogen-bond acceptors (Lipinski definition) is 9. The fourth-order valence-corrected chi connectivity index (χ4v) is 5.41. The summed E-state index contributed by atoms with van der Waals surface area (Å²) in [5.41, 5.74) is -1.38. The van der Waals surface area contributed by atoms with Gasteiger partial charge in [-0.05, 0) is 58.3 Å². The van der Waals surface area contributed by atoms with Crippen molar-refractivity contribution >= 4 is 24.1 Å². The van der Waals surface area contributed by atoms with E-state index in [4.69, 9.17) is 18.9 Å². The average molecular weight is 677 g/mol. The third kappa shape index (κ3) is 9.66. The quantitative estimate of drug-likeness (QED) is 0.120. The fraction of sp³-hybridized carbons (Fsp3) is 0.852. The Hall–Kier alpha value is -1.23. The van der Waals surface area contributed by atoms with Crippen LogP contribution in [0.3, 0.4) is 0 Å². The number of nitrogens with one attached hydrogen (secondary N) is 2. The number of aliphatic hydroxyl groups is 1. The molecule has 0 aromatic carbocycles. The Labute approximate surface area is 267 Å². The van der Waals surface area contributed by atoms with E-state index in [-0.39, 0.29) is 84.0 Å². The van der Waals surface area contributed by atoms with Crippen LogP contribution in [-0.2, 0) is 28.5 Å². The van der Waals surface area contributed by atoms with Gasteiger partial charge in [0.1, 0.15) is 23.3 Å². The topological polar surface area (TPSA) is 149 Å². The van der Waals surface area contributed by atoms with Crippen LogP contribution in [0.25, 0.3) is 0 Å². The van der Waals surface area contributed by atoms with Gasteiger partial charge in [-0.3, -0.25) is 0 Å². The van der Waals surface area contributed by atoms with Crippen molar-refractivity contribution in [1.29, 1.82) is 0 Å². The second-order valence-electron chi connectivity index (χ2n) is 13.5. The first-order chi connectivity index (χ1) is 17.2. The zero-order chi connectivity index (χ0) is 29.4. The molecular formula is C27H46ILiN2O9. The van der Waals surface area contributed by atoms with Gasteiger partial charge in [0.25, 0.3) is 0 Å². The van der Waals surface area contributed by atoms with Crippen molar-refractivity contribution in [3.63, 3.8) is 0 Å². The number of alkyl carbamates (subject to hydrolysis) is 2. The molecule has 226 valence electrons. The summed E-state index contributed by atoms with van der Waals surface area (Å²) in [5, 5.41) is 14.5. The van der Waals surface area contributed by atoms with Crippen molar-refractivity contribution in [1.82, 2.24) is 10.6 Å². The van der Waals surface area contributed by atoms with Gasteiger partial charge >= 0.3 is 43.0 Å². The molecule has 2 aliphatic carbocycles. The fourth-order valence-electron chi connectivity index (χ4n) is 5.41. The maximum atomic E-state index is 11.9. The zero-order valence-electron chi connectivity index (χ0n) is 26.0. The molecule has 3 rings (SSSR count). The minimum absolute atomic E-state index is 0. The summed E-state index contributed by atoms with van der Waals surface area (Å²) in [7, 11) is 1.27. The van der Waals surface area contributed by atoms with Crippen molar-refractivity contribution in [2.24, 2.45) is 34.5 Å². The number of carbonyl (C=O) groups excluding carboxylic acids is 4. The largest absolute Gasteiger partial charge is 1.00 e. The number of amides is 2. The Balaban J connectivity index is 0.000000727. The van der Waals surface area contributed by atoms with Gasteiger partial charge in [0.2, 0.25) is 0 Å². The SMILES string of the molecule is CC(C)(C)OC(=O)N[C@@H]1C(=O)OCC2[C@@H]1C2(C)C.COC(=O)C(NC(=O)OC(C)(C)C)[C@@H]1[C@H](CO)C1(C)C.[I-].[Li+]. The minimum atomic E-state index is -0.804. The molecule has 0 bridgehead atoms. The van der Waals surface area contributed by atoms with Gasteiger partial charge in [-0.2, -0.15) is 0 Å². The summed E-state index contributed by atoms with van der Waals surface area (Å²) in [6.45, 7) is 19.1. The first kappa shape index (κ1) is 38.8. The Morgan fingerprint density at radius 1 is 1.00 bits per heavy atom. The number of cyclic esters (lactones) is 1. The van der Waals surface area contributed by atoms with Crippen molar-refractivity contribution in [3.8, 4) is 0 Å². The Kier molecular flexibility index (Phi) is 13.4. The van der Waals surface area contributed by atoms with E-state index in [9.17, 15) is 24.3 Å². The maximum absolute atomic E-state index is 11.9. The maximum Gasteiger partial charge on any atom is 1.00 e. The van der Waals surface area contributed by atoms with Gasteiger partial charge in [-0.1, -0.05) is 27.7 Å². The van der Waals surface area contributed by atoms with Gasteiger partial charge < -0.3 is 58.7 Å². The summed E-state index contributed by atoms with van der Waals surface area (Å²) >= 11 is 0. The van der Waals surface area contributed by atoms with E-state index in [0.29, 0.717) is 12.5 Å². The molecule has 1 aliphatic heterocycles. The van der Waals surface area contributed by atoms with Crippen LogP contribution < -0.4 is 53.5 Å². The number of aliphatic hydroxyl groups excluding tert-OH is 1. The smallest absolute Gasteiger partial charge is 1.00 e. The number of fused-ring (bicyclic) bond motifs is 1. The van der Waals surface area contributed by atoms with Crippen molar-refractivity contribution in [2.75, 3.05) is 20.3 Å². The van der Waals surface area contributed by atoms with Crippen molar-refractivity contribution in [3.05, 3.63) is 0 Å². The van der Waals surface area contributed by atoms with Crippen LogP contribution in [0.4, 0.5) is 9.59 Å². The van der Waals surface area contributed by atoms with Crippen LogP contribution in [-0.4, -0.2) is 72.8 Å². The summed E-state index contributed by atoms with van der Waals surface area (Å²) in [5.74, 6) is -0.576. The average Bonchev–Trinajstić information content (AvgIpc) is 3.51. The van der Waals surface area contributed by atoms with E-state index in [1.165, 1.54) is 7.11 Å². The first-order valence-electron chi connectivity index (χ1n) is 13.0. The monoisotopic (exact) mass is 676 g/mol. The molecule has 0 radical (unpaired) electrons. The van der Waals surface area contributed by atoms with Gasteiger partial charge in [-0.15, -0.1) is 0 Å². The molecule has 3 fully saturated rings. The van der Waals surface area contributed by atoms with E-state index in [0.717, 1.165) is 0 Å². The number of hydrogen-bond donors (Lipinski definition) is 3. The molecule has 1 heterocycles. The molecular weight excluding hydrogens is 630 g/mol. The van der Waals surface area contributed by atoms with E-state index < -0.39 is 41.4 Å². The number of ether oxygens (including phenoxy) is 4. The number of methoxy groups -OCH3 is 1. The third-order valence-corrected chi connectivity index (χ3v) is 7.65. The molecule has 11 nitrogen and oxygen atoms in total. The molecule has 1 saturated heterocycles. The molecule has 0 aromatic heterocycles. The third-order valence-electron chi connectivity index (χ3n) is 7.65. The normalized spacial score (nSPS) is 27.7. The van der Waals surface area contributed by atoms with Crippen LogP contribution in [0, 0.1) is 34.5 Å². The van der Waals surface area contributed by atoms with Crippen LogP contribution in [0.1, 0.15) is 69.2 Å². The Morgan fingerprint density at radius 3 is 1.93 bits per heavy atom. The summed E-state index contributed by atoms with van der Waals surface area (Å²) in [4.78, 5) is 47.1. The number of carbonyl (C=O) groups is 4. The molecule has 3 N–H and O–H groups in total. The van der Waals surface area contributed by atoms with Crippen LogP contribution >= 0.6 is 0 Å². The number of esters is 2. The predicted molar refractivity (Wildman–Crippen MR) is 138 cm³/mol. The first-order valence-corrected chi connectivity index (χ1v) is 13.0.